The number of nitrogens with zero attached hydrogens (tertiary/aromatic N) is 2. The number of aromatic nitrogens is 1. The van der Waals surface area contributed by atoms with Crippen LogP contribution >= 0.6 is 0 Å². The first-order valence-corrected chi connectivity index (χ1v) is 8.02. The average molecular weight is 346 g/mol. The van der Waals surface area contributed by atoms with Gasteiger partial charge in [0.25, 0.3) is 0 Å². The van der Waals surface area contributed by atoms with Crippen LogP contribution in [0.5, 0.6) is 0 Å². The lowest BCUT2D eigenvalue weighted by atomic mass is 10.0. The van der Waals surface area contributed by atoms with Gasteiger partial charge in [-0.25, -0.2) is 0 Å². The predicted molar refractivity (Wildman–Crippen MR) is 79.3 cm³/mol. The highest BCUT2D eigenvalue weighted by Crippen LogP contribution is 2.38. The highest BCUT2D eigenvalue weighted by Gasteiger charge is 2.39. The van der Waals surface area contributed by atoms with Crippen LogP contribution in [0.15, 0.2) is 12.3 Å². The summed E-state index contributed by atoms with van der Waals surface area (Å²) in [5, 5.41) is 0. The van der Waals surface area contributed by atoms with E-state index in [1.807, 2.05) is 13.8 Å². The molecule has 2 aliphatic heterocycles. The molecule has 0 bridgehead atoms. The summed E-state index contributed by atoms with van der Waals surface area (Å²) in [4.78, 5) is 6.14. The lowest BCUT2D eigenvalue weighted by Crippen LogP contribution is -2.42. The van der Waals surface area contributed by atoms with E-state index in [2.05, 4.69) is 9.88 Å². The summed E-state index contributed by atoms with van der Waals surface area (Å²) >= 11 is 0. The van der Waals surface area contributed by atoms with Crippen LogP contribution in [0.2, 0.25) is 0 Å². The normalized spacial score (nSPS) is 25.1. The van der Waals surface area contributed by atoms with Crippen molar-refractivity contribution in [3.8, 4) is 0 Å². The number of rotatable bonds is 3. The minimum atomic E-state index is -4.51. The number of halogens is 3. The largest absolute Gasteiger partial charge is 0.418 e. The van der Waals surface area contributed by atoms with E-state index in [-0.39, 0.29) is 31.1 Å². The van der Waals surface area contributed by atoms with E-state index in [0.29, 0.717) is 25.3 Å². The molecule has 3 rings (SSSR count). The van der Waals surface area contributed by atoms with Gasteiger partial charge in [-0.1, -0.05) is 0 Å². The first kappa shape index (κ1) is 17.6. The molecule has 134 valence electrons. The highest BCUT2D eigenvalue weighted by atomic mass is 19.4. The molecule has 1 aromatic rings. The monoisotopic (exact) mass is 346 g/mol. The molecule has 0 aromatic carbocycles. The minimum absolute atomic E-state index is 0.0656. The van der Waals surface area contributed by atoms with Crippen molar-refractivity contribution in [1.29, 1.82) is 0 Å². The molecule has 1 aromatic heterocycles. The van der Waals surface area contributed by atoms with Crippen molar-refractivity contribution in [3.63, 3.8) is 0 Å². The second kappa shape index (κ2) is 6.95. The van der Waals surface area contributed by atoms with Gasteiger partial charge in [0.05, 0.1) is 31.5 Å². The number of hydrogen-bond donors (Lipinski definition) is 0. The second-order valence-electron chi connectivity index (χ2n) is 6.13. The van der Waals surface area contributed by atoms with Crippen molar-refractivity contribution in [1.82, 2.24) is 9.88 Å². The molecule has 2 atom stereocenters. The van der Waals surface area contributed by atoms with Gasteiger partial charge in [0.2, 0.25) is 6.29 Å². The Kier molecular flexibility index (Phi) is 5.10. The Balaban J connectivity index is 1.89. The molecular weight excluding hydrogens is 325 g/mol. The molecule has 0 N–H and O–H groups in total. The van der Waals surface area contributed by atoms with E-state index in [9.17, 15) is 13.2 Å². The molecule has 0 spiro atoms. The van der Waals surface area contributed by atoms with Crippen LogP contribution in [0.3, 0.4) is 0 Å². The van der Waals surface area contributed by atoms with Crippen LogP contribution in [0.1, 0.15) is 43.0 Å². The molecule has 0 radical (unpaired) electrons. The summed E-state index contributed by atoms with van der Waals surface area (Å²) in [5.41, 5.74) is -0.468. The molecule has 3 heterocycles. The van der Waals surface area contributed by atoms with Crippen molar-refractivity contribution in [2.45, 2.75) is 38.5 Å². The third-order valence-electron chi connectivity index (χ3n) is 4.39. The van der Waals surface area contributed by atoms with Crippen LogP contribution in [0.25, 0.3) is 0 Å². The Labute approximate surface area is 138 Å². The standard InChI is InChI=1S/C16H21F3N2O3/c1-10-9-21(3-4-22-10)11(2)12-7-13(16(17,18)19)14(20-8-12)15-23-5-6-24-15/h7-8,10-11,15H,3-6,9H2,1-2H3/t10-,11?/m1/s1. The molecule has 2 fully saturated rings. The number of morpholine rings is 1. The maximum absolute atomic E-state index is 13.5. The fraction of sp³-hybridized carbons (Fsp3) is 0.688. The second-order valence-corrected chi connectivity index (χ2v) is 6.13. The fourth-order valence-corrected chi connectivity index (χ4v) is 3.06. The SMILES string of the molecule is CC(c1cnc(C2OCCO2)c(C(F)(F)F)c1)N1CCO[C@H](C)C1. The molecule has 0 amide bonds. The lowest BCUT2D eigenvalue weighted by molar-refractivity contribution is -0.143. The Hall–Kier alpha value is -1.22. The highest BCUT2D eigenvalue weighted by molar-refractivity contribution is 5.30. The summed E-state index contributed by atoms with van der Waals surface area (Å²) in [6.45, 7) is 6.32. The molecule has 0 aliphatic carbocycles. The van der Waals surface area contributed by atoms with E-state index in [0.717, 1.165) is 6.07 Å². The summed E-state index contributed by atoms with van der Waals surface area (Å²) < 4.78 is 56.3. The Bertz CT molecular complexity index is 576. The van der Waals surface area contributed by atoms with Gasteiger partial charge in [0, 0.05) is 25.3 Å². The first-order valence-electron chi connectivity index (χ1n) is 8.02. The molecule has 5 nitrogen and oxygen atoms in total. The van der Waals surface area contributed by atoms with E-state index in [1.54, 1.807) is 0 Å². The van der Waals surface area contributed by atoms with Gasteiger partial charge in [-0.15, -0.1) is 0 Å². The van der Waals surface area contributed by atoms with Crippen LogP contribution < -0.4 is 0 Å². The fourth-order valence-electron chi connectivity index (χ4n) is 3.06. The zero-order chi connectivity index (χ0) is 17.3. The molecule has 2 aliphatic rings. The van der Waals surface area contributed by atoms with Crippen LogP contribution in [0.4, 0.5) is 13.2 Å². The Morgan fingerprint density at radius 1 is 1.21 bits per heavy atom. The van der Waals surface area contributed by atoms with Gasteiger partial charge in [0.1, 0.15) is 5.69 Å². The summed E-state index contributed by atoms with van der Waals surface area (Å²) in [6, 6.07) is 0.988. The van der Waals surface area contributed by atoms with E-state index in [1.165, 1.54) is 6.20 Å². The van der Waals surface area contributed by atoms with Gasteiger partial charge in [0.15, 0.2) is 0 Å². The first-order chi connectivity index (χ1) is 11.4. The van der Waals surface area contributed by atoms with E-state index in [4.69, 9.17) is 14.2 Å². The van der Waals surface area contributed by atoms with Crippen molar-refractivity contribution >= 4 is 0 Å². The zero-order valence-electron chi connectivity index (χ0n) is 13.7. The minimum Gasteiger partial charge on any atom is -0.376 e. The topological polar surface area (TPSA) is 43.8 Å². The third kappa shape index (κ3) is 3.72. The molecule has 0 saturated carbocycles. The predicted octanol–water partition coefficient (Wildman–Crippen LogP) is 2.93. The van der Waals surface area contributed by atoms with Gasteiger partial charge in [-0.2, -0.15) is 13.2 Å². The van der Waals surface area contributed by atoms with Gasteiger partial charge in [-0.05, 0) is 25.5 Å². The van der Waals surface area contributed by atoms with Crippen LogP contribution in [-0.4, -0.2) is 48.9 Å². The van der Waals surface area contributed by atoms with E-state index >= 15 is 0 Å². The maximum Gasteiger partial charge on any atom is 0.418 e. The van der Waals surface area contributed by atoms with Crippen LogP contribution in [-0.2, 0) is 20.4 Å². The number of alkyl halides is 3. The summed E-state index contributed by atoms with van der Waals surface area (Å²) in [7, 11) is 0. The summed E-state index contributed by atoms with van der Waals surface area (Å²) in [5.74, 6) is 0. The van der Waals surface area contributed by atoms with Gasteiger partial charge >= 0.3 is 6.18 Å². The van der Waals surface area contributed by atoms with Crippen LogP contribution in [0, 0.1) is 0 Å². The third-order valence-corrected chi connectivity index (χ3v) is 4.39. The molecule has 2 saturated heterocycles. The van der Waals surface area contributed by atoms with Crippen molar-refractivity contribution in [2.24, 2.45) is 0 Å². The zero-order valence-corrected chi connectivity index (χ0v) is 13.7. The maximum atomic E-state index is 13.5. The Morgan fingerprint density at radius 2 is 1.92 bits per heavy atom. The van der Waals surface area contributed by atoms with Crippen molar-refractivity contribution in [2.75, 3.05) is 32.9 Å². The molecule has 1 unspecified atom stereocenters. The Morgan fingerprint density at radius 3 is 2.54 bits per heavy atom. The molecule has 24 heavy (non-hydrogen) atoms. The number of pyridine rings is 1. The van der Waals surface area contributed by atoms with E-state index < -0.39 is 18.0 Å². The van der Waals surface area contributed by atoms with Gasteiger partial charge in [-0.3, -0.25) is 9.88 Å². The van der Waals surface area contributed by atoms with Crippen molar-refractivity contribution in [3.05, 3.63) is 29.1 Å². The molecule has 8 heteroatoms. The quantitative estimate of drug-likeness (QED) is 0.842. The number of hydrogen-bond acceptors (Lipinski definition) is 5. The van der Waals surface area contributed by atoms with Gasteiger partial charge < -0.3 is 14.2 Å². The number of ether oxygens (including phenoxy) is 3. The van der Waals surface area contributed by atoms with Crippen molar-refractivity contribution < 1.29 is 27.4 Å². The summed E-state index contributed by atoms with van der Waals surface area (Å²) in [6.07, 6.45) is -4.00. The average Bonchev–Trinajstić information content (AvgIpc) is 3.07. The lowest BCUT2D eigenvalue weighted by Gasteiger charge is -2.36. The molecular formula is C16H21F3N2O3. The smallest absolute Gasteiger partial charge is 0.376 e.